The Balaban J connectivity index is 1.33. The number of hydrogen-bond donors (Lipinski definition) is 1. The molecular weight excluding hydrogens is 346 g/mol. The third-order valence-electron chi connectivity index (χ3n) is 5.72. The molecule has 1 aliphatic rings. The first-order valence-corrected chi connectivity index (χ1v) is 10.0. The van der Waals surface area contributed by atoms with Crippen LogP contribution in [0, 0.1) is 19.8 Å². The Hall–Kier alpha value is -2.72. The van der Waals surface area contributed by atoms with Gasteiger partial charge in [-0.25, -0.2) is 0 Å². The summed E-state index contributed by atoms with van der Waals surface area (Å²) in [7, 11) is 0. The van der Waals surface area contributed by atoms with Crippen molar-refractivity contribution in [2.75, 3.05) is 18.4 Å². The normalized spacial score (nSPS) is 15.6. The maximum Gasteiger partial charge on any atom is 0.227 e. The lowest BCUT2D eigenvalue weighted by Crippen LogP contribution is -2.37. The Morgan fingerprint density at radius 1 is 1.11 bits per heavy atom. The smallest absolute Gasteiger partial charge is 0.227 e. The molecule has 28 heavy (non-hydrogen) atoms. The summed E-state index contributed by atoms with van der Waals surface area (Å²) in [5.41, 5.74) is 5.84. The van der Waals surface area contributed by atoms with Gasteiger partial charge in [-0.3, -0.25) is 14.7 Å². The average molecular weight is 374 g/mol. The number of piperidine rings is 1. The molecule has 1 N–H and O–H groups in total. The van der Waals surface area contributed by atoms with Crippen molar-refractivity contribution < 1.29 is 4.79 Å². The van der Waals surface area contributed by atoms with E-state index in [2.05, 4.69) is 47.2 Å². The fraction of sp³-hybridized carbons (Fsp3) is 0.333. The lowest BCUT2D eigenvalue weighted by Gasteiger charge is -2.31. The van der Waals surface area contributed by atoms with E-state index in [1.165, 1.54) is 16.7 Å². The average Bonchev–Trinajstić information content (AvgIpc) is 2.70. The van der Waals surface area contributed by atoms with Crippen LogP contribution >= 0.6 is 0 Å². The van der Waals surface area contributed by atoms with Gasteiger partial charge in [-0.15, -0.1) is 0 Å². The number of carbonyl (C=O) groups is 1. The topological polar surface area (TPSA) is 45.2 Å². The molecule has 1 aliphatic heterocycles. The molecule has 0 saturated carbocycles. The predicted molar refractivity (Wildman–Crippen MR) is 114 cm³/mol. The largest absolute Gasteiger partial charge is 0.326 e. The van der Waals surface area contributed by atoms with Gasteiger partial charge in [0.1, 0.15) is 0 Å². The van der Waals surface area contributed by atoms with Gasteiger partial charge in [-0.2, -0.15) is 0 Å². The second-order valence-corrected chi connectivity index (χ2v) is 7.88. The third-order valence-corrected chi connectivity index (χ3v) is 5.72. The van der Waals surface area contributed by atoms with Crippen molar-refractivity contribution in [3.05, 3.63) is 71.4 Å². The number of carbonyl (C=O) groups excluding carboxylic acids is 1. The SMILES string of the molecule is Cc1ccc(CN2CCC(C(=O)Nc3ccc4ncccc4c3)CC2)c(C)c1. The van der Waals surface area contributed by atoms with Gasteiger partial charge >= 0.3 is 0 Å². The van der Waals surface area contributed by atoms with E-state index in [0.29, 0.717) is 0 Å². The molecule has 0 bridgehead atoms. The van der Waals surface area contributed by atoms with Crippen molar-refractivity contribution >= 4 is 22.5 Å². The number of likely N-dealkylation sites (tertiary alicyclic amines) is 1. The minimum Gasteiger partial charge on any atom is -0.326 e. The highest BCUT2D eigenvalue weighted by atomic mass is 16.1. The van der Waals surface area contributed by atoms with Crippen LogP contribution < -0.4 is 5.32 Å². The van der Waals surface area contributed by atoms with E-state index in [4.69, 9.17) is 0 Å². The predicted octanol–water partition coefficient (Wildman–Crippen LogP) is 4.70. The fourth-order valence-electron chi connectivity index (χ4n) is 4.02. The van der Waals surface area contributed by atoms with E-state index in [1.807, 2.05) is 30.3 Å². The zero-order chi connectivity index (χ0) is 19.5. The van der Waals surface area contributed by atoms with Crippen molar-refractivity contribution in [2.45, 2.75) is 33.2 Å². The van der Waals surface area contributed by atoms with Gasteiger partial charge in [0.15, 0.2) is 0 Å². The Morgan fingerprint density at radius 3 is 2.71 bits per heavy atom. The first-order chi connectivity index (χ1) is 13.6. The van der Waals surface area contributed by atoms with Crippen LogP contribution in [0.2, 0.25) is 0 Å². The summed E-state index contributed by atoms with van der Waals surface area (Å²) in [6.07, 6.45) is 3.60. The first kappa shape index (κ1) is 18.6. The van der Waals surface area contributed by atoms with Gasteiger partial charge in [0, 0.05) is 29.7 Å². The molecule has 1 fully saturated rings. The Bertz CT molecular complexity index is 990. The van der Waals surface area contributed by atoms with Gasteiger partial charge in [0.2, 0.25) is 5.91 Å². The summed E-state index contributed by atoms with van der Waals surface area (Å²) in [6.45, 7) is 7.22. The summed E-state index contributed by atoms with van der Waals surface area (Å²) in [6, 6.07) is 16.5. The molecular formula is C24H27N3O. The third kappa shape index (κ3) is 4.23. The van der Waals surface area contributed by atoms with Crippen LogP contribution in [0.3, 0.4) is 0 Å². The highest BCUT2D eigenvalue weighted by molar-refractivity contribution is 5.95. The minimum absolute atomic E-state index is 0.0833. The van der Waals surface area contributed by atoms with Crippen LogP contribution in [0.5, 0.6) is 0 Å². The zero-order valence-electron chi connectivity index (χ0n) is 16.6. The van der Waals surface area contributed by atoms with Crippen LogP contribution in [0.25, 0.3) is 10.9 Å². The van der Waals surface area contributed by atoms with E-state index in [9.17, 15) is 4.79 Å². The molecule has 144 valence electrons. The highest BCUT2D eigenvalue weighted by Gasteiger charge is 2.25. The number of nitrogens with zero attached hydrogens (tertiary/aromatic N) is 2. The lowest BCUT2D eigenvalue weighted by atomic mass is 9.95. The van der Waals surface area contributed by atoms with Gasteiger partial charge in [-0.05, 0) is 75.2 Å². The lowest BCUT2D eigenvalue weighted by molar-refractivity contribution is -0.121. The van der Waals surface area contributed by atoms with Crippen LogP contribution in [0.1, 0.15) is 29.5 Å². The van der Waals surface area contributed by atoms with Gasteiger partial charge in [-0.1, -0.05) is 29.8 Å². The number of rotatable bonds is 4. The maximum absolute atomic E-state index is 12.7. The number of benzene rings is 2. The zero-order valence-corrected chi connectivity index (χ0v) is 16.6. The van der Waals surface area contributed by atoms with Crippen molar-refractivity contribution in [3.8, 4) is 0 Å². The number of pyridine rings is 1. The molecule has 0 atom stereocenters. The number of anilines is 1. The molecule has 1 amide bonds. The molecule has 1 saturated heterocycles. The van der Waals surface area contributed by atoms with Gasteiger partial charge in [0.05, 0.1) is 5.52 Å². The van der Waals surface area contributed by atoms with Gasteiger partial charge in [0.25, 0.3) is 0 Å². The monoisotopic (exact) mass is 373 g/mol. The van der Waals surface area contributed by atoms with Gasteiger partial charge < -0.3 is 5.32 Å². The van der Waals surface area contributed by atoms with E-state index in [-0.39, 0.29) is 11.8 Å². The van der Waals surface area contributed by atoms with E-state index >= 15 is 0 Å². The number of aryl methyl sites for hydroxylation is 2. The first-order valence-electron chi connectivity index (χ1n) is 10.0. The summed E-state index contributed by atoms with van der Waals surface area (Å²) < 4.78 is 0. The molecule has 0 aliphatic carbocycles. The fourth-order valence-corrected chi connectivity index (χ4v) is 4.02. The summed E-state index contributed by atoms with van der Waals surface area (Å²) in [4.78, 5) is 19.5. The standard InChI is InChI=1S/C24H27N3O/c1-17-5-6-21(18(2)14-17)16-27-12-9-19(10-13-27)24(28)26-22-7-8-23-20(15-22)4-3-11-25-23/h3-8,11,14-15,19H,9-10,12-13,16H2,1-2H3,(H,26,28). The Kier molecular flexibility index (Phi) is 5.40. The highest BCUT2D eigenvalue weighted by Crippen LogP contribution is 2.23. The Labute approximate surface area is 166 Å². The summed E-state index contributed by atoms with van der Waals surface area (Å²) in [5.74, 6) is 0.217. The number of nitrogens with one attached hydrogen (secondary N) is 1. The molecule has 1 aromatic heterocycles. The molecule has 4 heteroatoms. The van der Waals surface area contributed by atoms with E-state index in [1.54, 1.807) is 6.20 Å². The molecule has 2 heterocycles. The molecule has 0 spiro atoms. The molecule has 0 unspecified atom stereocenters. The summed E-state index contributed by atoms with van der Waals surface area (Å²) in [5, 5.41) is 4.14. The number of hydrogen-bond acceptors (Lipinski definition) is 3. The quantitative estimate of drug-likeness (QED) is 0.721. The summed E-state index contributed by atoms with van der Waals surface area (Å²) >= 11 is 0. The van der Waals surface area contributed by atoms with Crippen molar-refractivity contribution in [2.24, 2.45) is 5.92 Å². The second kappa shape index (κ2) is 8.11. The van der Waals surface area contributed by atoms with E-state index < -0.39 is 0 Å². The van der Waals surface area contributed by atoms with Crippen molar-refractivity contribution in [3.63, 3.8) is 0 Å². The van der Waals surface area contributed by atoms with Crippen molar-refractivity contribution in [1.82, 2.24) is 9.88 Å². The number of aromatic nitrogens is 1. The Morgan fingerprint density at radius 2 is 1.93 bits per heavy atom. The number of amides is 1. The van der Waals surface area contributed by atoms with Crippen LogP contribution in [-0.2, 0) is 11.3 Å². The van der Waals surface area contributed by atoms with Crippen LogP contribution in [0.15, 0.2) is 54.7 Å². The second-order valence-electron chi connectivity index (χ2n) is 7.88. The molecule has 0 radical (unpaired) electrons. The van der Waals surface area contributed by atoms with Crippen LogP contribution in [-0.4, -0.2) is 28.9 Å². The molecule has 2 aromatic carbocycles. The van der Waals surface area contributed by atoms with Crippen molar-refractivity contribution in [1.29, 1.82) is 0 Å². The molecule has 4 nitrogen and oxygen atoms in total. The molecule has 3 aromatic rings. The minimum atomic E-state index is 0.0833. The molecule has 4 rings (SSSR count). The maximum atomic E-state index is 12.7. The number of fused-ring (bicyclic) bond motifs is 1. The van der Waals surface area contributed by atoms with E-state index in [0.717, 1.165) is 49.1 Å². The van der Waals surface area contributed by atoms with Crippen LogP contribution in [0.4, 0.5) is 5.69 Å².